The van der Waals surface area contributed by atoms with Gasteiger partial charge in [0.15, 0.2) is 0 Å². The Kier molecular flexibility index (Phi) is 4.02. The SMILES string of the molecule is COc1cc2ccccc2cc1C(=O)N[C@@H]1CCOc2ccccc21. The van der Waals surface area contributed by atoms with Crippen LogP contribution in [0.3, 0.4) is 0 Å². The van der Waals surface area contributed by atoms with Crippen molar-refractivity contribution in [3.8, 4) is 11.5 Å². The van der Waals surface area contributed by atoms with E-state index in [1.807, 2.05) is 60.7 Å². The average Bonchev–Trinajstić information content (AvgIpc) is 2.67. The summed E-state index contributed by atoms with van der Waals surface area (Å²) in [5, 5.41) is 5.19. The summed E-state index contributed by atoms with van der Waals surface area (Å²) in [5.41, 5.74) is 1.56. The Balaban J connectivity index is 1.67. The van der Waals surface area contributed by atoms with Crippen molar-refractivity contribution in [2.45, 2.75) is 12.5 Å². The molecule has 4 rings (SSSR count). The first-order valence-corrected chi connectivity index (χ1v) is 8.35. The summed E-state index contributed by atoms with van der Waals surface area (Å²) in [5.74, 6) is 1.28. The third-order valence-electron chi connectivity index (χ3n) is 4.58. The summed E-state index contributed by atoms with van der Waals surface area (Å²) in [7, 11) is 1.59. The lowest BCUT2D eigenvalue weighted by Crippen LogP contribution is -2.32. The van der Waals surface area contributed by atoms with E-state index in [9.17, 15) is 4.79 Å². The van der Waals surface area contributed by atoms with Crippen molar-refractivity contribution in [2.75, 3.05) is 13.7 Å². The van der Waals surface area contributed by atoms with E-state index in [4.69, 9.17) is 9.47 Å². The predicted octanol–water partition coefficient (Wildman–Crippen LogP) is 4.10. The van der Waals surface area contributed by atoms with Crippen molar-refractivity contribution in [1.82, 2.24) is 5.32 Å². The van der Waals surface area contributed by atoms with Gasteiger partial charge in [0.05, 0.1) is 25.3 Å². The summed E-state index contributed by atoms with van der Waals surface area (Å²) in [6.07, 6.45) is 0.749. The molecule has 0 aromatic heterocycles. The average molecular weight is 333 g/mol. The van der Waals surface area contributed by atoms with Gasteiger partial charge in [0, 0.05) is 12.0 Å². The lowest BCUT2D eigenvalue weighted by molar-refractivity contribution is 0.0922. The zero-order valence-corrected chi connectivity index (χ0v) is 14.0. The van der Waals surface area contributed by atoms with Gasteiger partial charge in [-0.05, 0) is 29.0 Å². The van der Waals surface area contributed by atoms with Crippen molar-refractivity contribution in [2.24, 2.45) is 0 Å². The Labute approximate surface area is 146 Å². The number of hydrogen-bond acceptors (Lipinski definition) is 3. The molecule has 0 aliphatic carbocycles. The normalized spacial score (nSPS) is 16.0. The van der Waals surface area contributed by atoms with E-state index in [1.54, 1.807) is 7.11 Å². The number of rotatable bonds is 3. The van der Waals surface area contributed by atoms with Crippen molar-refractivity contribution >= 4 is 16.7 Å². The number of fused-ring (bicyclic) bond motifs is 2. The number of amides is 1. The highest BCUT2D eigenvalue weighted by atomic mass is 16.5. The van der Waals surface area contributed by atoms with Crippen LogP contribution in [0.2, 0.25) is 0 Å². The largest absolute Gasteiger partial charge is 0.496 e. The third kappa shape index (κ3) is 2.91. The van der Waals surface area contributed by atoms with Crippen LogP contribution in [0.1, 0.15) is 28.4 Å². The van der Waals surface area contributed by atoms with Crippen LogP contribution in [0.5, 0.6) is 11.5 Å². The molecule has 4 nitrogen and oxygen atoms in total. The molecule has 0 radical (unpaired) electrons. The first-order chi connectivity index (χ1) is 12.3. The van der Waals surface area contributed by atoms with Gasteiger partial charge in [-0.15, -0.1) is 0 Å². The van der Waals surface area contributed by atoms with Gasteiger partial charge in [-0.25, -0.2) is 0 Å². The number of carbonyl (C=O) groups is 1. The van der Waals surface area contributed by atoms with Gasteiger partial charge in [0.25, 0.3) is 5.91 Å². The zero-order valence-electron chi connectivity index (χ0n) is 14.0. The first kappa shape index (κ1) is 15.5. The van der Waals surface area contributed by atoms with Crippen LogP contribution < -0.4 is 14.8 Å². The summed E-state index contributed by atoms with van der Waals surface area (Å²) in [6, 6.07) is 19.5. The van der Waals surface area contributed by atoms with Gasteiger partial charge in [-0.2, -0.15) is 0 Å². The molecular weight excluding hydrogens is 314 g/mol. The van der Waals surface area contributed by atoms with Crippen molar-refractivity contribution in [1.29, 1.82) is 0 Å². The molecule has 0 bridgehead atoms. The van der Waals surface area contributed by atoms with Crippen molar-refractivity contribution in [3.05, 3.63) is 71.8 Å². The third-order valence-corrected chi connectivity index (χ3v) is 4.58. The second kappa shape index (κ2) is 6.48. The maximum absolute atomic E-state index is 12.9. The van der Waals surface area contributed by atoms with Crippen LogP contribution in [0.25, 0.3) is 10.8 Å². The van der Waals surface area contributed by atoms with E-state index in [0.29, 0.717) is 17.9 Å². The Morgan fingerprint density at radius 1 is 1.08 bits per heavy atom. The number of ether oxygens (including phenoxy) is 2. The maximum Gasteiger partial charge on any atom is 0.255 e. The summed E-state index contributed by atoms with van der Waals surface area (Å²) in [4.78, 5) is 12.9. The lowest BCUT2D eigenvalue weighted by atomic mass is 9.99. The minimum absolute atomic E-state index is 0.0615. The van der Waals surface area contributed by atoms with Gasteiger partial charge in [-0.3, -0.25) is 4.79 Å². The predicted molar refractivity (Wildman–Crippen MR) is 97.3 cm³/mol. The molecule has 0 spiro atoms. The second-order valence-corrected chi connectivity index (χ2v) is 6.10. The number of para-hydroxylation sites is 1. The molecule has 1 heterocycles. The first-order valence-electron chi connectivity index (χ1n) is 8.35. The lowest BCUT2D eigenvalue weighted by Gasteiger charge is -2.26. The quantitative estimate of drug-likeness (QED) is 0.785. The molecule has 4 heteroatoms. The topological polar surface area (TPSA) is 47.6 Å². The van der Waals surface area contributed by atoms with Crippen molar-refractivity contribution in [3.63, 3.8) is 0 Å². The fourth-order valence-electron chi connectivity index (χ4n) is 3.29. The smallest absolute Gasteiger partial charge is 0.255 e. The van der Waals surface area contributed by atoms with Crippen LogP contribution in [-0.2, 0) is 0 Å². The van der Waals surface area contributed by atoms with E-state index in [2.05, 4.69) is 5.32 Å². The fraction of sp³-hybridized carbons (Fsp3) is 0.190. The van der Waals surface area contributed by atoms with E-state index in [-0.39, 0.29) is 11.9 Å². The molecule has 3 aromatic rings. The molecule has 1 aliphatic rings. The number of nitrogens with one attached hydrogen (secondary N) is 1. The van der Waals surface area contributed by atoms with Gasteiger partial charge >= 0.3 is 0 Å². The minimum atomic E-state index is -0.135. The summed E-state index contributed by atoms with van der Waals surface area (Å²) < 4.78 is 11.1. The van der Waals surface area contributed by atoms with E-state index in [1.165, 1.54) is 0 Å². The number of benzene rings is 3. The van der Waals surface area contributed by atoms with E-state index < -0.39 is 0 Å². The van der Waals surface area contributed by atoms with E-state index in [0.717, 1.165) is 28.5 Å². The molecule has 0 saturated heterocycles. The highest BCUT2D eigenvalue weighted by Gasteiger charge is 2.24. The standard InChI is InChI=1S/C21H19NO3/c1-24-20-13-15-7-3-2-6-14(15)12-17(20)21(23)22-18-10-11-25-19-9-5-4-8-16(18)19/h2-9,12-13,18H,10-11H2,1H3,(H,22,23)/t18-/m1/s1. The van der Waals surface area contributed by atoms with Crippen LogP contribution in [0.15, 0.2) is 60.7 Å². The monoisotopic (exact) mass is 333 g/mol. The number of hydrogen-bond donors (Lipinski definition) is 1. The molecule has 3 aromatic carbocycles. The molecule has 1 amide bonds. The fourth-order valence-corrected chi connectivity index (χ4v) is 3.29. The molecule has 0 fully saturated rings. The minimum Gasteiger partial charge on any atom is -0.496 e. The zero-order chi connectivity index (χ0) is 17.2. The Morgan fingerprint density at radius 2 is 1.80 bits per heavy atom. The molecule has 25 heavy (non-hydrogen) atoms. The van der Waals surface area contributed by atoms with Crippen LogP contribution in [0.4, 0.5) is 0 Å². The van der Waals surface area contributed by atoms with Crippen LogP contribution in [-0.4, -0.2) is 19.6 Å². The van der Waals surface area contributed by atoms with Crippen LogP contribution in [0, 0.1) is 0 Å². The van der Waals surface area contributed by atoms with Gasteiger partial charge in [0.1, 0.15) is 11.5 Å². The highest BCUT2D eigenvalue weighted by molar-refractivity contribution is 6.01. The molecule has 126 valence electrons. The van der Waals surface area contributed by atoms with Gasteiger partial charge in [-0.1, -0.05) is 42.5 Å². The molecular formula is C21H19NO3. The molecule has 1 aliphatic heterocycles. The number of methoxy groups -OCH3 is 1. The molecule has 1 atom stereocenters. The van der Waals surface area contributed by atoms with Gasteiger partial charge in [0.2, 0.25) is 0 Å². The maximum atomic E-state index is 12.9. The van der Waals surface area contributed by atoms with Gasteiger partial charge < -0.3 is 14.8 Å². The number of carbonyl (C=O) groups excluding carboxylic acids is 1. The Hall–Kier alpha value is -3.01. The Morgan fingerprint density at radius 3 is 2.60 bits per heavy atom. The summed E-state index contributed by atoms with van der Waals surface area (Å²) >= 11 is 0. The molecule has 1 N–H and O–H groups in total. The summed E-state index contributed by atoms with van der Waals surface area (Å²) in [6.45, 7) is 0.594. The second-order valence-electron chi connectivity index (χ2n) is 6.10. The highest BCUT2D eigenvalue weighted by Crippen LogP contribution is 2.32. The molecule has 0 saturated carbocycles. The molecule has 0 unspecified atom stereocenters. The Bertz CT molecular complexity index is 935. The van der Waals surface area contributed by atoms with Crippen LogP contribution >= 0.6 is 0 Å². The van der Waals surface area contributed by atoms with E-state index >= 15 is 0 Å². The van der Waals surface area contributed by atoms with Crippen molar-refractivity contribution < 1.29 is 14.3 Å².